The lowest BCUT2D eigenvalue weighted by atomic mass is 9.78. The minimum atomic E-state index is 1.02. The molecule has 0 spiro atoms. The van der Waals surface area contributed by atoms with Crippen molar-refractivity contribution < 1.29 is 0 Å². The molecular weight excluding hydrogens is 132 g/mol. The molecule has 0 bridgehead atoms. The number of hydrogen-bond acceptors (Lipinski definition) is 0. The van der Waals surface area contributed by atoms with E-state index in [2.05, 4.69) is 13.8 Å². The molecule has 1 aliphatic carbocycles. The maximum absolute atomic E-state index is 2.44. The van der Waals surface area contributed by atoms with Crippen LogP contribution in [0, 0.1) is 11.8 Å². The molecule has 1 saturated carbocycles. The first kappa shape index (κ1) is 9.09. The van der Waals surface area contributed by atoms with Crippen LogP contribution < -0.4 is 0 Å². The van der Waals surface area contributed by atoms with Gasteiger partial charge in [0, 0.05) is 0 Å². The molecule has 1 rings (SSSR count). The maximum Gasteiger partial charge on any atom is -0.0388 e. The molecule has 0 heterocycles. The summed E-state index contributed by atoms with van der Waals surface area (Å²) in [5.74, 6) is 2.10. The van der Waals surface area contributed by atoms with Crippen molar-refractivity contribution in [1.82, 2.24) is 0 Å². The van der Waals surface area contributed by atoms with Crippen molar-refractivity contribution >= 4 is 0 Å². The predicted octanol–water partition coefficient (Wildman–Crippen LogP) is 4.00. The topological polar surface area (TPSA) is 0 Å². The Bertz CT molecular complexity index is 96.2. The summed E-state index contributed by atoms with van der Waals surface area (Å²) in [5.41, 5.74) is 0. The summed E-state index contributed by atoms with van der Waals surface area (Å²) in [5, 5.41) is 0. The van der Waals surface area contributed by atoms with Crippen molar-refractivity contribution in [3.63, 3.8) is 0 Å². The summed E-state index contributed by atoms with van der Waals surface area (Å²) in [4.78, 5) is 0. The van der Waals surface area contributed by atoms with Crippen LogP contribution in [0.15, 0.2) is 0 Å². The van der Waals surface area contributed by atoms with Crippen molar-refractivity contribution in [2.75, 3.05) is 0 Å². The first-order valence-corrected chi connectivity index (χ1v) is 5.34. The summed E-state index contributed by atoms with van der Waals surface area (Å²) in [6, 6.07) is 0. The molecule has 1 fully saturated rings. The first-order chi connectivity index (χ1) is 5.34. The molecule has 0 amide bonds. The van der Waals surface area contributed by atoms with Gasteiger partial charge >= 0.3 is 0 Å². The first-order valence-electron chi connectivity index (χ1n) is 5.34. The fourth-order valence-electron chi connectivity index (χ4n) is 2.29. The average Bonchev–Trinajstić information content (AvgIpc) is 2.03. The van der Waals surface area contributed by atoms with E-state index < -0.39 is 0 Å². The van der Waals surface area contributed by atoms with Gasteiger partial charge in [-0.1, -0.05) is 58.8 Å². The van der Waals surface area contributed by atoms with E-state index in [-0.39, 0.29) is 0 Å². The monoisotopic (exact) mass is 154 g/mol. The molecule has 0 radical (unpaired) electrons. The summed E-state index contributed by atoms with van der Waals surface area (Å²) in [7, 11) is 0. The highest BCUT2D eigenvalue weighted by molar-refractivity contribution is 4.71. The Kier molecular flexibility index (Phi) is 3.96. The second kappa shape index (κ2) is 4.79. The second-order valence-corrected chi connectivity index (χ2v) is 4.16. The molecule has 1 unspecified atom stereocenters. The van der Waals surface area contributed by atoms with Crippen molar-refractivity contribution in [2.45, 2.75) is 58.8 Å². The van der Waals surface area contributed by atoms with Gasteiger partial charge in [-0.2, -0.15) is 0 Å². The molecule has 0 aromatic heterocycles. The van der Waals surface area contributed by atoms with Gasteiger partial charge in [-0.15, -0.1) is 0 Å². The van der Waals surface area contributed by atoms with E-state index in [1.54, 1.807) is 0 Å². The zero-order chi connectivity index (χ0) is 8.10. The summed E-state index contributed by atoms with van der Waals surface area (Å²) in [6.45, 7) is 4.74. The lowest BCUT2D eigenvalue weighted by Crippen LogP contribution is -2.16. The van der Waals surface area contributed by atoms with E-state index in [0.717, 1.165) is 11.8 Å². The minimum Gasteiger partial charge on any atom is -0.0654 e. The molecule has 1 aliphatic rings. The molecule has 0 aromatic rings. The van der Waals surface area contributed by atoms with Gasteiger partial charge in [-0.25, -0.2) is 0 Å². The lowest BCUT2D eigenvalue weighted by Gasteiger charge is -2.28. The van der Waals surface area contributed by atoms with Gasteiger partial charge in [-0.3, -0.25) is 0 Å². The third-order valence-corrected chi connectivity index (χ3v) is 3.22. The average molecular weight is 154 g/mol. The van der Waals surface area contributed by atoms with Crippen LogP contribution in [0.4, 0.5) is 0 Å². The van der Waals surface area contributed by atoms with Crippen LogP contribution in [0.2, 0.25) is 0 Å². The van der Waals surface area contributed by atoms with Gasteiger partial charge in [0.15, 0.2) is 0 Å². The highest BCUT2D eigenvalue weighted by Crippen LogP contribution is 2.32. The standard InChI is InChI=1S/C11H22/c1-3-4-8-11-9-6-5-7-10(11)2/h10-11H,3-9H2,1-2H3/t10-,11?/m0/s1. The second-order valence-electron chi connectivity index (χ2n) is 4.16. The Morgan fingerprint density at radius 2 is 1.91 bits per heavy atom. The zero-order valence-electron chi connectivity index (χ0n) is 8.10. The van der Waals surface area contributed by atoms with Gasteiger partial charge in [0.2, 0.25) is 0 Å². The van der Waals surface area contributed by atoms with Crippen LogP contribution in [-0.2, 0) is 0 Å². The highest BCUT2D eigenvalue weighted by atomic mass is 14.3. The number of unbranched alkanes of at least 4 members (excludes halogenated alkanes) is 1. The Morgan fingerprint density at radius 3 is 2.55 bits per heavy atom. The highest BCUT2D eigenvalue weighted by Gasteiger charge is 2.19. The molecule has 66 valence electrons. The Labute approximate surface area is 71.4 Å². The van der Waals surface area contributed by atoms with E-state index in [0.29, 0.717) is 0 Å². The maximum atomic E-state index is 2.44. The van der Waals surface area contributed by atoms with Crippen LogP contribution >= 0.6 is 0 Å². The Hall–Kier alpha value is 0. The Balaban J connectivity index is 2.18. The van der Waals surface area contributed by atoms with Gasteiger partial charge in [0.25, 0.3) is 0 Å². The molecule has 0 saturated heterocycles. The van der Waals surface area contributed by atoms with E-state index in [1.165, 1.54) is 44.9 Å². The Morgan fingerprint density at radius 1 is 1.18 bits per heavy atom. The summed E-state index contributed by atoms with van der Waals surface area (Å²) >= 11 is 0. The van der Waals surface area contributed by atoms with Crippen molar-refractivity contribution in [2.24, 2.45) is 11.8 Å². The fraction of sp³-hybridized carbons (Fsp3) is 1.00. The molecule has 0 aliphatic heterocycles. The van der Waals surface area contributed by atoms with E-state index >= 15 is 0 Å². The number of rotatable bonds is 3. The van der Waals surface area contributed by atoms with E-state index in [4.69, 9.17) is 0 Å². The van der Waals surface area contributed by atoms with Gasteiger partial charge in [0.05, 0.1) is 0 Å². The molecule has 0 heteroatoms. The quantitative estimate of drug-likeness (QED) is 0.576. The van der Waals surface area contributed by atoms with Crippen LogP contribution in [0.25, 0.3) is 0 Å². The largest absolute Gasteiger partial charge is 0.0654 e. The van der Waals surface area contributed by atoms with Gasteiger partial charge in [0.1, 0.15) is 0 Å². The smallest absolute Gasteiger partial charge is 0.0388 e. The summed E-state index contributed by atoms with van der Waals surface area (Å²) in [6.07, 6.45) is 10.3. The van der Waals surface area contributed by atoms with Crippen LogP contribution in [0.5, 0.6) is 0 Å². The van der Waals surface area contributed by atoms with Crippen molar-refractivity contribution in [3.8, 4) is 0 Å². The fourth-order valence-corrected chi connectivity index (χ4v) is 2.29. The lowest BCUT2D eigenvalue weighted by molar-refractivity contribution is 0.237. The zero-order valence-corrected chi connectivity index (χ0v) is 8.10. The molecule has 0 N–H and O–H groups in total. The van der Waals surface area contributed by atoms with Gasteiger partial charge < -0.3 is 0 Å². The molecule has 11 heavy (non-hydrogen) atoms. The predicted molar refractivity (Wildman–Crippen MR) is 50.6 cm³/mol. The van der Waals surface area contributed by atoms with Crippen molar-refractivity contribution in [3.05, 3.63) is 0 Å². The molecule has 0 aromatic carbocycles. The molecule has 0 nitrogen and oxygen atoms in total. The minimum absolute atomic E-state index is 1.02. The molecule has 2 atom stereocenters. The third kappa shape index (κ3) is 2.84. The van der Waals surface area contributed by atoms with Crippen molar-refractivity contribution in [1.29, 1.82) is 0 Å². The van der Waals surface area contributed by atoms with Gasteiger partial charge in [-0.05, 0) is 11.8 Å². The van der Waals surface area contributed by atoms with Crippen LogP contribution in [0.1, 0.15) is 58.8 Å². The normalized spacial score (nSPS) is 32.2. The third-order valence-electron chi connectivity index (χ3n) is 3.22. The van der Waals surface area contributed by atoms with E-state index in [1.807, 2.05) is 0 Å². The summed E-state index contributed by atoms with van der Waals surface area (Å²) < 4.78 is 0. The van der Waals surface area contributed by atoms with Crippen LogP contribution in [0.3, 0.4) is 0 Å². The van der Waals surface area contributed by atoms with E-state index in [9.17, 15) is 0 Å². The van der Waals surface area contributed by atoms with Crippen LogP contribution in [-0.4, -0.2) is 0 Å². The molecular formula is C11H22. The SMILES string of the molecule is CCCCC1CCCC[C@@H]1C. The number of hydrogen-bond donors (Lipinski definition) is 0.